The molecule has 3 unspecified atom stereocenters. The van der Waals surface area contributed by atoms with E-state index in [9.17, 15) is 22.8 Å². The van der Waals surface area contributed by atoms with Crippen molar-refractivity contribution in [2.45, 2.75) is 68.5 Å². The molecule has 3 atom stereocenters. The minimum atomic E-state index is -3.96. The number of morpholine rings is 1. The van der Waals surface area contributed by atoms with Crippen LogP contribution in [0.3, 0.4) is 0 Å². The Balaban J connectivity index is 1.34. The third kappa shape index (κ3) is 5.44. The van der Waals surface area contributed by atoms with Gasteiger partial charge in [0.25, 0.3) is 10.0 Å². The van der Waals surface area contributed by atoms with Crippen LogP contribution in [0.2, 0.25) is 0 Å². The molecule has 1 aromatic rings. The summed E-state index contributed by atoms with van der Waals surface area (Å²) in [6.07, 6.45) is 8.13. The van der Waals surface area contributed by atoms with E-state index in [-0.39, 0.29) is 35.6 Å². The smallest absolute Gasteiger partial charge is 0.261 e. The summed E-state index contributed by atoms with van der Waals surface area (Å²) >= 11 is 0. The predicted molar refractivity (Wildman–Crippen MR) is 134 cm³/mol. The first-order valence-electron chi connectivity index (χ1n) is 13.5. The number of rotatable bonds is 7. The van der Waals surface area contributed by atoms with Crippen molar-refractivity contribution >= 4 is 27.6 Å². The number of hydrogen-bond acceptors (Lipinski definition) is 7. The molecule has 37 heavy (non-hydrogen) atoms. The zero-order chi connectivity index (χ0) is 26.0. The molecule has 1 aliphatic carbocycles. The number of aromatic nitrogens is 1. The highest BCUT2D eigenvalue weighted by Crippen LogP contribution is 2.37. The zero-order valence-corrected chi connectivity index (χ0v) is 22.0. The van der Waals surface area contributed by atoms with Crippen LogP contribution in [-0.2, 0) is 29.1 Å². The van der Waals surface area contributed by atoms with Gasteiger partial charge in [-0.15, -0.1) is 0 Å². The van der Waals surface area contributed by atoms with Crippen molar-refractivity contribution in [1.29, 1.82) is 0 Å². The number of ketones is 1. The number of pyridine rings is 1. The lowest BCUT2D eigenvalue weighted by Crippen LogP contribution is -2.48. The van der Waals surface area contributed by atoms with Crippen molar-refractivity contribution < 1.29 is 27.5 Å². The van der Waals surface area contributed by atoms with E-state index < -0.39 is 28.0 Å². The summed E-state index contributed by atoms with van der Waals surface area (Å²) in [7, 11) is -3.96. The Bertz CT molecular complexity index is 1100. The Morgan fingerprint density at radius 2 is 1.81 bits per heavy atom. The van der Waals surface area contributed by atoms with E-state index in [0.29, 0.717) is 51.6 Å². The lowest BCUT2D eigenvalue weighted by Gasteiger charge is -2.33. The van der Waals surface area contributed by atoms with Crippen LogP contribution in [-0.4, -0.2) is 96.6 Å². The third-order valence-corrected chi connectivity index (χ3v) is 10.1. The molecule has 0 aromatic carbocycles. The second kappa shape index (κ2) is 11.2. The molecule has 11 heteroatoms. The number of amides is 2. The van der Waals surface area contributed by atoms with Crippen molar-refractivity contribution in [3.63, 3.8) is 0 Å². The first kappa shape index (κ1) is 26.2. The Morgan fingerprint density at radius 1 is 1.05 bits per heavy atom. The quantitative estimate of drug-likeness (QED) is 0.522. The first-order chi connectivity index (χ1) is 17.9. The van der Waals surface area contributed by atoms with Gasteiger partial charge in [-0.1, -0.05) is 38.2 Å². The second-order valence-corrected chi connectivity index (χ2v) is 12.5. The van der Waals surface area contributed by atoms with Crippen molar-refractivity contribution in [3.05, 3.63) is 24.4 Å². The minimum absolute atomic E-state index is 0.0506. The summed E-state index contributed by atoms with van der Waals surface area (Å²) in [6.45, 7) is 2.09. The van der Waals surface area contributed by atoms with E-state index >= 15 is 0 Å². The van der Waals surface area contributed by atoms with Crippen LogP contribution in [0.25, 0.3) is 0 Å². The molecule has 4 heterocycles. The predicted octanol–water partition coefficient (Wildman–Crippen LogP) is 1.46. The van der Waals surface area contributed by atoms with E-state index in [1.165, 1.54) is 23.0 Å². The number of carbonyl (C=O) groups is 3. The molecule has 2 amide bonds. The maximum absolute atomic E-state index is 13.9. The summed E-state index contributed by atoms with van der Waals surface area (Å²) in [5, 5.41) is -0.0977. The molecule has 5 rings (SSSR count). The average molecular weight is 533 g/mol. The number of ether oxygens (including phenoxy) is 1. The van der Waals surface area contributed by atoms with Crippen LogP contribution < -0.4 is 0 Å². The van der Waals surface area contributed by atoms with Crippen molar-refractivity contribution in [2.75, 3.05) is 39.4 Å². The number of Topliss-reactive ketones (excluding diaryl/α,β-unsaturated/α-hetero) is 1. The van der Waals surface area contributed by atoms with Crippen molar-refractivity contribution in [2.24, 2.45) is 11.8 Å². The number of hydrogen-bond donors (Lipinski definition) is 0. The summed E-state index contributed by atoms with van der Waals surface area (Å²) in [5.41, 5.74) is 0. The molecular weight excluding hydrogens is 496 g/mol. The van der Waals surface area contributed by atoms with Gasteiger partial charge < -0.3 is 14.5 Å². The molecule has 1 aromatic heterocycles. The van der Waals surface area contributed by atoms with Gasteiger partial charge >= 0.3 is 0 Å². The number of likely N-dealkylation sites (tertiary alicyclic amines) is 1. The fraction of sp³-hybridized carbons (Fsp3) is 0.692. The van der Waals surface area contributed by atoms with Gasteiger partial charge in [-0.2, -0.15) is 4.31 Å². The van der Waals surface area contributed by atoms with Crippen LogP contribution >= 0.6 is 0 Å². The van der Waals surface area contributed by atoms with Gasteiger partial charge in [-0.3, -0.25) is 14.4 Å². The van der Waals surface area contributed by atoms with Gasteiger partial charge in [-0.25, -0.2) is 13.4 Å². The highest BCUT2D eigenvalue weighted by atomic mass is 32.2. The number of nitrogens with zero attached hydrogens (tertiary/aromatic N) is 4. The summed E-state index contributed by atoms with van der Waals surface area (Å²) in [4.78, 5) is 47.5. The Hall–Kier alpha value is -2.37. The molecular formula is C26H36N4O6S. The summed E-state index contributed by atoms with van der Waals surface area (Å²) in [5.74, 6) is -0.632. The largest absolute Gasteiger partial charge is 0.378 e. The van der Waals surface area contributed by atoms with Gasteiger partial charge in [0.15, 0.2) is 10.8 Å². The van der Waals surface area contributed by atoms with Crippen LogP contribution in [0.15, 0.2) is 29.4 Å². The highest BCUT2D eigenvalue weighted by molar-refractivity contribution is 7.89. The monoisotopic (exact) mass is 532 g/mol. The molecule has 0 N–H and O–H groups in total. The maximum Gasteiger partial charge on any atom is 0.261 e. The van der Waals surface area contributed by atoms with Crippen molar-refractivity contribution in [1.82, 2.24) is 19.1 Å². The lowest BCUT2D eigenvalue weighted by atomic mass is 9.81. The van der Waals surface area contributed by atoms with Crippen molar-refractivity contribution in [3.8, 4) is 0 Å². The Labute approximate surface area is 218 Å². The van der Waals surface area contributed by atoms with E-state index in [1.54, 1.807) is 21.9 Å². The molecule has 1 saturated carbocycles. The SMILES string of the molecule is O=C1CN(S(=O)(=O)c2ccccn2)C2CCN(C(=O)C(CC(=O)N3CCOCC3)CC3CCCCC3)C12. The van der Waals surface area contributed by atoms with Gasteiger partial charge in [0.1, 0.15) is 6.04 Å². The fourth-order valence-electron chi connectivity index (χ4n) is 6.44. The zero-order valence-electron chi connectivity index (χ0n) is 21.2. The van der Waals surface area contributed by atoms with Gasteiger partial charge in [-0.05, 0) is 30.9 Å². The molecule has 10 nitrogen and oxygen atoms in total. The Morgan fingerprint density at radius 3 is 2.51 bits per heavy atom. The normalized spacial score (nSPS) is 26.3. The third-order valence-electron chi connectivity index (χ3n) is 8.35. The van der Waals surface area contributed by atoms with E-state index in [4.69, 9.17) is 4.74 Å². The van der Waals surface area contributed by atoms with E-state index in [0.717, 1.165) is 25.7 Å². The molecule has 202 valence electrons. The number of fused-ring (bicyclic) bond motifs is 1. The molecule has 3 saturated heterocycles. The summed E-state index contributed by atoms with van der Waals surface area (Å²) < 4.78 is 33.1. The molecule has 0 radical (unpaired) electrons. The minimum Gasteiger partial charge on any atom is -0.378 e. The Kier molecular flexibility index (Phi) is 7.92. The number of carbonyl (C=O) groups excluding carboxylic acids is 3. The highest BCUT2D eigenvalue weighted by Gasteiger charge is 2.54. The molecule has 4 fully saturated rings. The van der Waals surface area contributed by atoms with Gasteiger partial charge in [0.05, 0.1) is 25.8 Å². The lowest BCUT2D eigenvalue weighted by molar-refractivity contribution is -0.145. The standard InChI is InChI=1S/C26H36N4O6S/c31-22-18-30(37(34,35)23-8-4-5-10-27-23)21-9-11-29(25(21)22)26(33)20(16-19-6-2-1-3-7-19)17-24(32)28-12-14-36-15-13-28/h4-5,8,10,19-21,25H,1-3,6-7,9,11-18H2. The van der Waals surface area contributed by atoms with Crippen LogP contribution in [0, 0.1) is 11.8 Å². The molecule has 0 spiro atoms. The van der Waals surface area contributed by atoms with Crippen LogP contribution in [0.5, 0.6) is 0 Å². The second-order valence-electron chi connectivity index (χ2n) is 10.7. The van der Waals surface area contributed by atoms with Gasteiger partial charge in [0.2, 0.25) is 11.8 Å². The van der Waals surface area contributed by atoms with E-state index in [1.807, 2.05) is 0 Å². The van der Waals surface area contributed by atoms with E-state index in [2.05, 4.69) is 4.98 Å². The maximum atomic E-state index is 13.9. The molecule has 0 bridgehead atoms. The number of sulfonamides is 1. The first-order valence-corrected chi connectivity index (χ1v) is 14.9. The molecule has 4 aliphatic rings. The fourth-order valence-corrected chi connectivity index (χ4v) is 8.00. The average Bonchev–Trinajstić information content (AvgIpc) is 3.51. The topological polar surface area (TPSA) is 117 Å². The van der Waals surface area contributed by atoms with Crippen LogP contribution in [0.1, 0.15) is 51.4 Å². The summed E-state index contributed by atoms with van der Waals surface area (Å²) in [6, 6.07) is 3.24. The molecule has 3 aliphatic heterocycles. The van der Waals surface area contributed by atoms with Gasteiger partial charge in [0, 0.05) is 38.2 Å². The van der Waals surface area contributed by atoms with Crippen LogP contribution in [0.4, 0.5) is 0 Å².